The second-order valence-electron chi connectivity index (χ2n) is 4.55. The number of thioether (sulfide) groups is 1. The Balaban J connectivity index is 4.62. The molecule has 0 aliphatic carbocycles. The highest BCUT2D eigenvalue weighted by Gasteiger charge is 2.27. The summed E-state index contributed by atoms with van der Waals surface area (Å²) in [7, 11) is 0. The van der Waals surface area contributed by atoms with E-state index in [4.69, 9.17) is 10.6 Å². The second kappa shape index (κ2) is 9.28. The van der Waals surface area contributed by atoms with Crippen LogP contribution in [-0.2, 0) is 14.4 Å². The molecule has 0 spiro atoms. The Bertz CT molecular complexity index is 419. The summed E-state index contributed by atoms with van der Waals surface area (Å²) in [5, 5.41) is 11.1. The number of amides is 1. The van der Waals surface area contributed by atoms with Gasteiger partial charge in [0.2, 0.25) is 11.7 Å². The molecule has 0 fully saturated rings. The Labute approximate surface area is 121 Å². The summed E-state index contributed by atoms with van der Waals surface area (Å²) in [6.07, 6.45) is 2.32. The lowest BCUT2D eigenvalue weighted by Gasteiger charge is -2.21. The molecule has 0 aromatic rings. The van der Waals surface area contributed by atoms with E-state index in [9.17, 15) is 14.4 Å². The van der Waals surface area contributed by atoms with Crippen LogP contribution in [0.25, 0.3) is 5.53 Å². The van der Waals surface area contributed by atoms with Crippen LogP contribution in [0.1, 0.15) is 26.7 Å². The number of carbonyl (C=O) groups excluding carboxylic acids is 2. The largest absolute Gasteiger partial charge is 0.480 e. The van der Waals surface area contributed by atoms with Gasteiger partial charge >= 0.3 is 12.2 Å². The van der Waals surface area contributed by atoms with Crippen LogP contribution in [0.4, 0.5) is 0 Å². The molecule has 0 aromatic heterocycles. The second-order valence-corrected chi connectivity index (χ2v) is 5.53. The van der Waals surface area contributed by atoms with Crippen molar-refractivity contribution in [1.82, 2.24) is 5.32 Å². The maximum absolute atomic E-state index is 12.0. The Morgan fingerprint density at radius 3 is 2.40 bits per heavy atom. The van der Waals surface area contributed by atoms with Crippen LogP contribution in [-0.4, -0.2) is 51.3 Å². The van der Waals surface area contributed by atoms with E-state index >= 15 is 0 Å². The van der Waals surface area contributed by atoms with Crippen LogP contribution >= 0.6 is 11.8 Å². The molecule has 0 aromatic carbocycles. The number of aliphatic carboxylic acids is 1. The maximum Gasteiger partial charge on any atom is 0.326 e. The summed E-state index contributed by atoms with van der Waals surface area (Å²) in [6.45, 7) is 3.75. The van der Waals surface area contributed by atoms with Crippen molar-refractivity contribution in [1.29, 1.82) is 0 Å². The summed E-state index contributed by atoms with van der Waals surface area (Å²) in [5.74, 6) is -1.99. The molecule has 8 heteroatoms. The zero-order chi connectivity index (χ0) is 15.7. The van der Waals surface area contributed by atoms with Gasteiger partial charge in [0.15, 0.2) is 0 Å². The van der Waals surface area contributed by atoms with Gasteiger partial charge in [0, 0.05) is 6.42 Å². The summed E-state index contributed by atoms with van der Waals surface area (Å²) in [5.41, 5.74) is 8.18. The minimum absolute atomic E-state index is 0.0505. The summed E-state index contributed by atoms with van der Waals surface area (Å²) in [6, 6.07) is -1.13. The van der Waals surface area contributed by atoms with E-state index in [1.807, 2.05) is 13.8 Å². The van der Waals surface area contributed by atoms with Gasteiger partial charge in [0.25, 0.3) is 0 Å². The molecule has 0 aliphatic rings. The zero-order valence-corrected chi connectivity index (χ0v) is 12.5. The molecule has 7 nitrogen and oxygen atoms in total. The van der Waals surface area contributed by atoms with E-state index in [2.05, 4.69) is 10.1 Å². The van der Waals surface area contributed by atoms with Gasteiger partial charge < -0.3 is 16.0 Å². The first-order chi connectivity index (χ1) is 9.33. The van der Waals surface area contributed by atoms with Gasteiger partial charge in [-0.1, -0.05) is 13.8 Å². The lowest BCUT2D eigenvalue weighted by molar-refractivity contribution is -0.142. The minimum atomic E-state index is -1.20. The van der Waals surface area contributed by atoms with Crippen LogP contribution in [0.3, 0.4) is 0 Å². The minimum Gasteiger partial charge on any atom is -0.480 e. The van der Waals surface area contributed by atoms with E-state index in [1.165, 1.54) is 11.8 Å². The van der Waals surface area contributed by atoms with Gasteiger partial charge in [0.1, 0.15) is 6.04 Å². The van der Waals surface area contributed by atoms with E-state index in [1.54, 1.807) is 6.26 Å². The fourth-order valence-corrected chi connectivity index (χ4v) is 2.44. The van der Waals surface area contributed by atoms with Gasteiger partial charge in [-0.05, 0) is 18.6 Å². The molecule has 0 saturated carbocycles. The third-order valence-corrected chi connectivity index (χ3v) is 3.88. The highest BCUT2D eigenvalue weighted by Crippen LogP contribution is 2.17. The fourth-order valence-electron chi connectivity index (χ4n) is 1.61. The maximum atomic E-state index is 12.0. The van der Waals surface area contributed by atoms with E-state index < -0.39 is 17.8 Å². The molecule has 20 heavy (non-hydrogen) atoms. The molecule has 0 heterocycles. The molecular weight excluding hydrogens is 282 g/mol. The summed E-state index contributed by atoms with van der Waals surface area (Å²) in [4.78, 5) is 36.7. The van der Waals surface area contributed by atoms with Crippen LogP contribution < -0.4 is 5.32 Å². The van der Waals surface area contributed by atoms with Gasteiger partial charge in [-0.25, -0.2) is 4.79 Å². The normalized spacial score (nSPS) is 13.2. The summed E-state index contributed by atoms with van der Waals surface area (Å²) >= 11 is 1.35. The number of Topliss-reactive ketones (excluding diaryl/α,β-unsaturated/α-hetero) is 1. The molecule has 2 unspecified atom stereocenters. The van der Waals surface area contributed by atoms with Crippen molar-refractivity contribution in [2.75, 3.05) is 6.26 Å². The van der Waals surface area contributed by atoms with Gasteiger partial charge in [-0.15, -0.1) is 0 Å². The van der Waals surface area contributed by atoms with Crippen molar-refractivity contribution in [3.63, 3.8) is 0 Å². The third-order valence-electron chi connectivity index (χ3n) is 2.61. The average Bonchev–Trinajstić information content (AvgIpc) is 2.34. The number of rotatable bonds is 9. The van der Waals surface area contributed by atoms with Crippen LogP contribution in [0, 0.1) is 5.92 Å². The number of carboxylic acid groups (broad SMARTS) is 1. The van der Waals surface area contributed by atoms with Crippen molar-refractivity contribution >= 4 is 35.6 Å². The van der Waals surface area contributed by atoms with Gasteiger partial charge in [0.05, 0.1) is 5.25 Å². The van der Waals surface area contributed by atoms with Crippen molar-refractivity contribution in [2.24, 2.45) is 5.92 Å². The molecule has 2 N–H and O–H groups in total. The number of nitrogens with zero attached hydrogens (tertiary/aromatic N) is 2. The predicted octanol–water partition coefficient (Wildman–Crippen LogP) is 0.593. The molecule has 2 atom stereocenters. The SMILES string of the molecule is CSC(C(=O)NC(CCC(=O)C=[N+]=[N-])C(=O)O)C(C)C. The summed E-state index contributed by atoms with van der Waals surface area (Å²) < 4.78 is 0. The van der Waals surface area contributed by atoms with Crippen LogP contribution in [0.15, 0.2) is 0 Å². The quantitative estimate of drug-likeness (QED) is 0.367. The number of nitrogens with one attached hydrogen (secondary N) is 1. The Hall–Kier alpha value is -1.66. The molecule has 112 valence electrons. The van der Waals surface area contributed by atoms with Gasteiger partial charge in [-0.3, -0.25) is 9.59 Å². The monoisotopic (exact) mass is 301 g/mol. The number of carbonyl (C=O) groups is 3. The Kier molecular flexibility index (Phi) is 8.51. The highest BCUT2D eigenvalue weighted by molar-refractivity contribution is 7.99. The standard InChI is InChI=1S/C12H19N3O4S/c1-7(2)10(20-3)11(17)15-9(12(18)19)5-4-8(16)6-14-13/h6-7,9-10H,4-5H2,1-3H3,(H,15,17)(H,18,19). The number of carboxylic acids is 1. The van der Waals surface area contributed by atoms with Crippen LogP contribution in [0.2, 0.25) is 0 Å². The average molecular weight is 301 g/mol. The number of hydrogen-bond acceptors (Lipinski definition) is 4. The van der Waals surface area contributed by atoms with Crippen molar-refractivity contribution in [3.8, 4) is 0 Å². The molecule has 0 aliphatic heterocycles. The topological polar surface area (TPSA) is 120 Å². The molecule has 1 amide bonds. The first-order valence-electron chi connectivity index (χ1n) is 6.09. The number of hydrogen-bond donors (Lipinski definition) is 2. The zero-order valence-electron chi connectivity index (χ0n) is 11.7. The first-order valence-corrected chi connectivity index (χ1v) is 7.38. The first kappa shape index (κ1) is 18.3. The van der Waals surface area contributed by atoms with E-state index in [0.29, 0.717) is 6.21 Å². The molecule has 0 rings (SSSR count). The van der Waals surface area contributed by atoms with Crippen molar-refractivity contribution in [2.45, 2.75) is 38.0 Å². The number of ketones is 1. The van der Waals surface area contributed by atoms with Gasteiger partial charge in [-0.2, -0.15) is 16.6 Å². The molecule has 0 bridgehead atoms. The van der Waals surface area contributed by atoms with Crippen LogP contribution in [0.5, 0.6) is 0 Å². The van der Waals surface area contributed by atoms with E-state index in [0.717, 1.165) is 0 Å². The third kappa shape index (κ3) is 6.49. The van der Waals surface area contributed by atoms with Crippen molar-refractivity contribution < 1.29 is 24.3 Å². The molecule has 0 saturated heterocycles. The lowest BCUT2D eigenvalue weighted by Crippen LogP contribution is -2.46. The Morgan fingerprint density at radius 2 is 2.00 bits per heavy atom. The van der Waals surface area contributed by atoms with E-state index in [-0.39, 0.29) is 29.9 Å². The Morgan fingerprint density at radius 1 is 1.40 bits per heavy atom. The van der Waals surface area contributed by atoms with Crippen molar-refractivity contribution in [3.05, 3.63) is 5.53 Å². The fraction of sp³-hybridized carbons (Fsp3) is 0.667. The highest BCUT2D eigenvalue weighted by atomic mass is 32.2. The smallest absolute Gasteiger partial charge is 0.326 e. The lowest BCUT2D eigenvalue weighted by atomic mass is 10.1. The molecule has 0 radical (unpaired) electrons. The molecular formula is C12H19N3O4S. The predicted molar refractivity (Wildman–Crippen MR) is 75.6 cm³/mol.